The molecule has 4 aromatic rings. The van der Waals surface area contributed by atoms with Crippen LogP contribution in [0.15, 0.2) is 59.8 Å². The third kappa shape index (κ3) is 5.84. The molecular weight excluding hydrogens is 507 g/mol. The Labute approximate surface area is 223 Å². The predicted octanol–water partition coefficient (Wildman–Crippen LogP) is 5.71. The number of anilines is 3. The molecule has 0 bridgehead atoms. The summed E-state index contributed by atoms with van der Waals surface area (Å²) >= 11 is 1.22. The molecule has 2 aromatic carbocycles. The van der Waals surface area contributed by atoms with Gasteiger partial charge in [0.15, 0.2) is 10.7 Å². The summed E-state index contributed by atoms with van der Waals surface area (Å²) in [7, 11) is 0. The van der Waals surface area contributed by atoms with Gasteiger partial charge < -0.3 is 15.8 Å². The highest BCUT2D eigenvalue weighted by Gasteiger charge is 2.22. The third-order valence-electron chi connectivity index (χ3n) is 5.30. The van der Waals surface area contributed by atoms with Gasteiger partial charge in [-0.05, 0) is 30.5 Å². The number of hydrogen-bond acceptors (Lipinski definition) is 8. The molecule has 0 aliphatic heterocycles. The zero-order valence-electron chi connectivity index (χ0n) is 21.1. The highest BCUT2D eigenvalue weighted by Crippen LogP contribution is 2.30. The Bertz CT molecular complexity index is 1530. The van der Waals surface area contributed by atoms with Gasteiger partial charge in [0.2, 0.25) is 5.88 Å². The zero-order valence-corrected chi connectivity index (χ0v) is 21.9. The Hall–Kier alpha value is -4.63. The fourth-order valence-electron chi connectivity index (χ4n) is 3.35. The number of nitrogens with one attached hydrogen (secondary N) is 2. The number of nitriles is 1. The van der Waals surface area contributed by atoms with Gasteiger partial charge in [-0.3, -0.25) is 5.32 Å². The van der Waals surface area contributed by atoms with E-state index in [-0.39, 0.29) is 34.1 Å². The number of carbonyl (C=O) groups excluding carboxylic acids is 1. The maximum atomic E-state index is 14.9. The van der Waals surface area contributed by atoms with Crippen LogP contribution in [0.4, 0.5) is 26.5 Å². The lowest BCUT2D eigenvalue weighted by Crippen LogP contribution is -2.22. The Morgan fingerprint density at radius 1 is 1.13 bits per heavy atom. The number of para-hydroxylation sites is 1. The van der Waals surface area contributed by atoms with Crippen LogP contribution in [-0.4, -0.2) is 32.0 Å². The average Bonchev–Trinajstić information content (AvgIpc) is 3.30. The molecule has 2 aromatic heterocycles. The number of amides is 2. The number of rotatable bonds is 6. The smallest absolute Gasteiger partial charge is 0.324 e. The molecule has 0 aliphatic carbocycles. The molecule has 12 heteroatoms. The van der Waals surface area contributed by atoms with Crippen molar-refractivity contribution in [1.82, 2.24) is 19.7 Å². The molecule has 4 rings (SSSR count). The second kappa shape index (κ2) is 10.8. The zero-order chi connectivity index (χ0) is 27.4. The van der Waals surface area contributed by atoms with Gasteiger partial charge >= 0.3 is 6.03 Å². The molecular formula is C26H25FN8O2S. The van der Waals surface area contributed by atoms with Crippen LogP contribution in [0.2, 0.25) is 0 Å². The van der Waals surface area contributed by atoms with E-state index in [0.29, 0.717) is 11.0 Å². The Morgan fingerprint density at radius 2 is 1.87 bits per heavy atom. The standard InChI is InChI=1S/C26H25FN8O2S/c1-26(2,3)20-13-21(35(34-20)15-8-6-5-7-9-15)31-24(36)30-19-11-10-16(12-18(19)27)37-23-17(14-28)22(29)32-25(33-23)38-4/h5-13H,1-4H3,(H2,29,32,33)(H2,30,31,36). The van der Waals surface area contributed by atoms with Crippen molar-refractivity contribution in [3.63, 3.8) is 0 Å². The van der Waals surface area contributed by atoms with Crippen LogP contribution in [0.25, 0.3) is 5.69 Å². The summed E-state index contributed by atoms with van der Waals surface area (Å²) in [5, 5.41) is 19.6. The highest BCUT2D eigenvalue weighted by molar-refractivity contribution is 7.98. The van der Waals surface area contributed by atoms with Crippen LogP contribution in [0.1, 0.15) is 32.0 Å². The molecule has 10 nitrogen and oxygen atoms in total. The summed E-state index contributed by atoms with van der Waals surface area (Å²) in [6.45, 7) is 6.06. The van der Waals surface area contributed by atoms with Gasteiger partial charge in [0, 0.05) is 17.5 Å². The molecule has 0 atom stereocenters. The summed E-state index contributed by atoms with van der Waals surface area (Å²) in [4.78, 5) is 20.9. The van der Waals surface area contributed by atoms with Crippen molar-refractivity contribution in [2.24, 2.45) is 0 Å². The fraction of sp³-hybridized carbons (Fsp3) is 0.192. The maximum absolute atomic E-state index is 14.9. The number of hydrogen-bond donors (Lipinski definition) is 3. The summed E-state index contributed by atoms with van der Waals surface area (Å²) < 4.78 is 22.1. The second-order valence-electron chi connectivity index (χ2n) is 9.12. The van der Waals surface area contributed by atoms with Crippen molar-refractivity contribution in [2.75, 3.05) is 22.6 Å². The molecule has 0 spiro atoms. The van der Waals surface area contributed by atoms with Crippen LogP contribution in [0.5, 0.6) is 11.6 Å². The van der Waals surface area contributed by atoms with E-state index in [2.05, 4.69) is 25.7 Å². The molecule has 2 amide bonds. The maximum Gasteiger partial charge on any atom is 0.324 e. The molecule has 0 unspecified atom stereocenters. The van der Waals surface area contributed by atoms with Gasteiger partial charge in [0.25, 0.3) is 0 Å². The molecule has 0 saturated heterocycles. The van der Waals surface area contributed by atoms with Gasteiger partial charge in [-0.25, -0.2) is 18.9 Å². The number of thioether (sulfide) groups is 1. The first-order valence-electron chi connectivity index (χ1n) is 11.4. The van der Waals surface area contributed by atoms with E-state index in [1.807, 2.05) is 57.2 Å². The molecule has 0 aliphatic rings. The van der Waals surface area contributed by atoms with Gasteiger partial charge in [0.1, 0.15) is 29.3 Å². The average molecular weight is 533 g/mol. The lowest BCUT2D eigenvalue weighted by molar-refractivity contribution is 0.262. The molecule has 194 valence electrons. The van der Waals surface area contributed by atoms with Crippen molar-refractivity contribution in [3.05, 3.63) is 71.7 Å². The van der Waals surface area contributed by atoms with Crippen molar-refractivity contribution in [1.29, 1.82) is 5.26 Å². The van der Waals surface area contributed by atoms with Crippen LogP contribution in [0.3, 0.4) is 0 Å². The molecule has 0 saturated carbocycles. The van der Waals surface area contributed by atoms with Crippen molar-refractivity contribution in [3.8, 4) is 23.4 Å². The fourth-order valence-corrected chi connectivity index (χ4v) is 3.72. The van der Waals surface area contributed by atoms with Gasteiger partial charge in [-0.1, -0.05) is 50.7 Å². The first-order chi connectivity index (χ1) is 18.1. The first-order valence-corrected chi connectivity index (χ1v) is 12.6. The molecule has 0 radical (unpaired) electrons. The van der Waals surface area contributed by atoms with Crippen LogP contribution in [-0.2, 0) is 5.41 Å². The van der Waals surface area contributed by atoms with E-state index in [1.165, 1.54) is 23.9 Å². The molecule has 0 fully saturated rings. The minimum Gasteiger partial charge on any atom is -0.437 e. The number of aromatic nitrogens is 4. The number of nitrogen functional groups attached to an aromatic ring is 1. The Balaban J connectivity index is 1.53. The Kier molecular flexibility index (Phi) is 7.50. The quantitative estimate of drug-likeness (QED) is 0.212. The first kappa shape index (κ1) is 26.4. The van der Waals surface area contributed by atoms with Crippen molar-refractivity contribution >= 4 is 35.1 Å². The molecule has 38 heavy (non-hydrogen) atoms. The van der Waals surface area contributed by atoms with Crippen LogP contribution < -0.4 is 21.1 Å². The monoisotopic (exact) mass is 532 g/mol. The highest BCUT2D eigenvalue weighted by atomic mass is 32.2. The normalized spacial score (nSPS) is 11.1. The number of carbonyl (C=O) groups is 1. The van der Waals surface area contributed by atoms with E-state index >= 15 is 0 Å². The van der Waals surface area contributed by atoms with Crippen LogP contribution in [0, 0.1) is 17.1 Å². The number of urea groups is 1. The second-order valence-corrected chi connectivity index (χ2v) is 9.90. The largest absolute Gasteiger partial charge is 0.437 e. The predicted molar refractivity (Wildman–Crippen MR) is 144 cm³/mol. The molecule has 2 heterocycles. The minimum atomic E-state index is -0.754. The number of nitrogens with zero attached hydrogens (tertiary/aromatic N) is 5. The number of nitrogens with two attached hydrogens (primary N) is 1. The topological polar surface area (TPSA) is 144 Å². The minimum absolute atomic E-state index is 0.0401. The summed E-state index contributed by atoms with van der Waals surface area (Å²) in [5.41, 5.74) is 6.94. The van der Waals surface area contributed by atoms with E-state index < -0.39 is 11.8 Å². The lowest BCUT2D eigenvalue weighted by atomic mass is 9.92. The van der Waals surface area contributed by atoms with E-state index in [9.17, 15) is 14.4 Å². The van der Waals surface area contributed by atoms with Gasteiger partial charge in [-0.15, -0.1) is 0 Å². The Morgan fingerprint density at radius 3 is 2.50 bits per heavy atom. The number of benzene rings is 2. The SMILES string of the molecule is CSc1nc(N)c(C#N)c(Oc2ccc(NC(=O)Nc3cc(C(C)(C)C)nn3-c3ccccc3)c(F)c2)n1. The van der Waals surface area contributed by atoms with Crippen molar-refractivity contribution in [2.45, 2.75) is 31.3 Å². The summed E-state index contributed by atoms with van der Waals surface area (Å²) in [6.07, 6.45) is 1.74. The van der Waals surface area contributed by atoms with Crippen molar-refractivity contribution < 1.29 is 13.9 Å². The van der Waals surface area contributed by atoms with Crippen LogP contribution >= 0.6 is 11.8 Å². The third-order valence-corrected chi connectivity index (χ3v) is 5.85. The summed E-state index contributed by atoms with van der Waals surface area (Å²) in [6, 6.07) is 16.2. The van der Waals surface area contributed by atoms with E-state index in [1.54, 1.807) is 17.0 Å². The lowest BCUT2D eigenvalue weighted by Gasteiger charge is -2.14. The molecule has 4 N–H and O–H groups in total. The van der Waals surface area contributed by atoms with Gasteiger partial charge in [0.05, 0.1) is 17.1 Å². The number of ether oxygens (including phenoxy) is 1. The number of halogens is 1. The van der Waals surface area contributed by atoms with Gasteiger partial charge in [-0.2, -0.15) is 15.3 Å². The van der Waals surface area contributed by atoms with E-state index in [0.717, 1.165) is 17.4 Å². The summed E-state index contributed by atoms with van der Waals surface area (Å²) in [5.74, 6) is -0.399. The van der Waals surface area contributed by atoms with E-state index in [4.69, 9.17) is 10.5 Å².